The standard InChI is InChI=1S/C28H23Br.C28H24.C22H19Br.C22H20.C17H12.C6H7BO2/c29-20-13-14-23-25(17-20)28(15-7-2-8-16-28)26-18-24(19-9-3-1-4-10-19)21-11-5-6-12-22(21)27(23)26;1-3-11-20(12-4-1)24-19-26-27(22-14-6-5-13-21(22)24)23-15-7-8-16-25(23)28(26)17-9-2-10-18-28;23-20-14-19-21(16-9-3-2-8-15(16)20)17-10-4-5-11-18(17)22(19)12-6-1-7-13-22;1-6-14-22(15-7-1)19-11-5-4-10-18(19)21-17-9-3-2-8-16(17)12-13-20(21)22;1-3-7-15-12(5-1)9-10-14-11-13-6-2-4-8-16(13)17(14)15;8-7(9)6-4-2-1-3-5-6/h1,3-6,9-14,17-18H,2,7-8,15-16H2;1,3-8,11-16,19H,2,9-10,17-18H2;2-5,8-11,14H,1,6-7,12-13H2;2-5,8-13H,1,6-7,14-15H2;1-10H,11H2;1-5,8-9H. The van der Waals surface area contributed by atoms with E-state index in [1.807, 2.05) is 6.07 Å². The van der Waals surface area contributed by atoms with Gasteiger partial charge in [-0.15, -0.1) is 0 Å². The number of hydrogen-bond acceptors (Lipinski definition) is 2. The second-order valence-electron chi connectivity index (χ2n) is 37.4. The molecule has 0 aliphatic heterocycles. The molecule has 626 valence electrons. The van der Waals surface area contributed by atoms with Gasteiger partial charge in [0.25, 0.3) is 0 Å². The van der Waals surface area contributed by atoms with Crippen LogP contribution in [-0.4, -0.2) is 17.2 Å². The summed E-state index contributed by atoms with van der Waals surface area (Å²) in [5.41, 5.74) is 37.0. The summed E-state index contributed by atoms with van der Waals surface area (Å²) in [7, 11) is -1.34. The van der Waals surface area contributed by atoms with E-state index < -0.39 is 7.12 Å². The Balaban J connectivity index is 0.0000000927. The van der Waals surface area contributed by atoms with Crippen LogP contribution < -0.4 is 5.46 Å². The third kappa shape index (κ3) is 14.1. The molecular weight excluding hydrogens is 1680 g/mol. The molecule has 9 aliphatic carbocycles. The van der Waals surface area contributed by atoms with Crippen LogP contribution in [0.4, 0.5) is 0 Å². The highest BCUT2D eigenvalue weighted by Gasteiger charge is 2.49. The van der Waals surface area contributed by atoms with Gasteiger partial charge in [0.1, 0.15) is 0 Å². The monoisotopic (exact) mass is 1780 g/mol. The molecule has 128 heavy (non-hydrogen) atoms. The zero-order valence-electron chi connectivity index (χ0n) is 72.8. The van der Waals surface area contributed by atoms with Crippen LogP contribution in [0.3, 0.4) is 0 Å². The predicted octanol–water partition coefficient (Wildman–Crippen LogP) is 32.9. The van der Waals surface area contributed by atoms with Crippen molar-refractivity contribution in [3.8, 4) is 77.9 Å². The summed E-state index contributed by atoms with van der Waals surface area (Å²) in [4.78, 5) is 0. The van der Waals surface area contributed by atoms with Crippen LogP contribution in [-0.2, 0) is 28.1 Å². The predicted molar refractivity (Wildman–Crippen MR) is 548 cm³/mol. The van der Waals surface area contributed by atoms with Crippen LogP contribution in [0, 0.1) is 0 Å². The molecule has 4 saturated carbocycles. The van der Waals surface area contributed by atoms with Gasteiger partial charge in [-0.25, -0.2) is 0 Å². The molecule has 5 heteroatoms. The van der Waals surface area contributed by atoms with Crippen LogP contribution in [0.2, 0.25) is 0 Å². The number of benzene rings is 18. The molecule has 0 aromatic heterocycles. The van der Waals surface area contributed by atoms with Crippen molar-refractivity contribution in [3.63, 3.8) is 0 Å². The Labute approximate surface area is 771 Å². The van der Waals surface area contributed by atoms with Gasteiger partial charge in [-0.05, 0) is 281 Å². The van der Waals surface area contributed by atoms with E-state index >= 15 is 0 Å². The van der Waals surface area contributed by atoms with E-state index in [4.69, 9.17) is 10.0 Å². The maximum atomic E-state index is 8.58. The van der Waals surface area contributed by atoms with Crippen molar-refractivity contribution in [2.75, 3.05) is 0 Å². The van der Waals surface area contributed by atoms with Crippen LogP contribution >= 0.6 is 31.9 Å². The number of rotatable bonds is 3. The quantitative estimate of drug-likeness (QED) is 0.173. The summed E-state index contributed by atoms with van der Waals surface area (Å²) < 4.78 is 2.44. The van der Waals surface area contributed by atoms with Crippen LogP contribution in [0.25, 0.3) is 132 Å². The van der Waals surface area contributed by atoms with Gasteiger partial charge in [0, 0.05) is 30.6 Å². The fourth-order valence-electron chi connectivity index (χ4n) is 25.1. The maximum Gasteiger partial charge on any atom is 0.488 e. The van der Waals surface area contributed by atoms with Gasteiger partial charge >= 0.3 is 7.12 Å². The fourth-order valence-corrected chi connectivity index (χ4v) is 26.1. The highest BCUT2D eigenvalue weighted by molar-refractivity contribution is 9.11. The smallest absolute Gasteiger partial charge is 0.423 e. The molecule has 4 fully saturated rings. The topological polar surface area (TPSA) is 40.5 Å². The highest BCUT2D eigenvalue weighted by atomic mass is 79.9. The molecule has 2 nitrogen and oxygen atoms in total. The Hall–Kier alpha value is -11.8. The van der Waals surface area contributed by atoms with Crippen molar-refractivity contribution in [2.45, 2.75) is 156 Å². The Morgan fingerprint density at radius 1 is 0.211 bits per heavy atom. The van der Waals surface area contributed by atoms with Crippen molar-refractivity contribution in [1.29, 1.82) is 0 Å². The van der Waals surface area contributed by atoms with E-state index in [1.54, 1.807) is 63.2 Å². The summed E-state index contributed by atoms with van der Waals surface area (Å²) >= 11 is 7.61. The molecule has 0 bridgehead atoms. The first-order valence-electron chi connectivity index (χ1n) is 47.2. The molecule has 18 aromatic rings. The van der Waals surface area contributed by atoms with Gasteiger partial charge in [-0.2, -0.15) is 0 Å². The number of halogens is 2. The molecule has 0 atom stereocenters. The van der Waals surface area contributed by atoms with Crippen molar-refractivity contribution in [3.05, 3.63) is 435 Å². The molecule has 4 spiro atoms. The first-order chi connectivity index (χ1) is 63.1. The summed E-state index contributed by atoms with van der Waals surface area (Å²) in [6, 6.07) is 135. The second kappa shape index (κ2) is 34.7. The van der Waals surface area contributed by atoms with Crippen molar-refractivity contribution >= 4 is 98.3 Å². The first kappa shape index (κ1) is 81.9. The normalized spacial score (nSPS) is 16.2. The summed E-state index contributed by atoms with van der Waals surface area (Å²) in [5, 5.41) is 30.9. The second-order valence-corrected chi connectivity index (χ2v) is 39.2. The maximum absolute atomic E-state index is 8.58. The molecule has 0 unspecified atom stereocenters. The Kier molecular flexibility index (Phi) is 22.2. The number of hydrogen-bond donors (Lipinski definition) is 2. The first-order valence-corrected chi connectivity index (χ1v) is 48.8. The van der Waals surface area contributed by atoms with Gasteiger partial charge < -0.3 is 10.0 Å². The lowest BCUT2D eigenvalue weighted by Gasteiger charge is -2.36. The largest absolute Gasteiger partial charge is 0.488 e. The molecule has 0 saturated heterocycles. The zero-order chi connectivity index (χ0) is 85.9. The van der Waals surface area contributed by atoms with E-state index in [0.29, 0.717) is 5.46 Å². The highest BCUT2D eigenvalue weighted by Crippen LogP contribution is 2.64. The van der Waals surface area contributed by atoms with E-state index in [-0.39, 0.29) is 21.7 Å². The third-order valence-electron chi connectivity index (χ3n) is 30.8. The minimum absolute atomic E-state index is 0.167. The van der Waals surface area contributed by atoms with Crippen LogP contribution in [0.15, 0.2) is 379 Å². The van der Waals surface area contributed by atoms with Crippen molar-refractivity contribution in [1.82, 2.24) is 0 Å². The van der Waals surface area contributed by atoms with Gasteiger partial charge in [0.15, 0.2) is 0 Å². The lowest BCUT2D eigenvalue weighted by atomic mass is 9.67. The lowest BCUT2D eigenvalue weighted by Crippen LogP contribution is -2.29. The van der Waals surface area contributed by atoms with E-state index in [1.165, 1.54) is 286 Å². The van der Waals surface area contributed by atoms with E-state index in [0.717, 1.165) is 6.42 Å². The summed E-state index contributed by atoms with van der Waals surface area (Å²) in [5.74, 6) is 0. The average Bonchev–Trinajstić information content (AvgIpc) is 1.56. The minimum Gasteiger partial charge on any atom is -0.423 e. The van der Waals surface area contributed by atoms with Gasteiger partial charge in [0.05, 0.1) is 0 Å². The SMILES string of the molecule is Brc1cc2c(c3ccccc13)-c1ccccc1C21CCCCC1.Brc1ccc2c(c1)C1(CCCCC1)c1cc(-c3ccccc3)c3ccccc3c1-2.OB(O)c1ccccc1.c1ccc(-c2cc3c(c4ccccc24)-c2ccccc2C32CCCCC2)cc1.c1ccc2c(c1)-c1c(ccc3ccccc13)C21CCCCC1.c1ccc2c(c1)Cc1ccc3ccccc3c1-2. The van der Waals surface area contributed by atoms with Gasteiger partial charge in [-0.1, -0.05) is 449 Å². The third-order valence-corrected chi connectivity index (χ3v) is 31.9. The molecule has 27 rings (SSSR count). The summed E-state index contributed by atoms with van der Waals surface area (Å²) in [6.45, 7) is 0. The fraction of sp³-hybridized carbons (Fsp3) is 0.203. The molecule has 0 amide bonds. The van der Waals surface area contributed by atoms with E-state index in [2.05, 4.69) is 372 Å². The zero-order valence-corrected chi connectivity index (χ0v) is 76.0. The minimum atomic E-state index is -1.34. The molecule has 9 aliphatic rings. The lowest BCUT2D eigenvalue weighted by molar-refractivity contribution is 0.353. The summed E-state index contributed by atoms with van der Waals surface area (Å²) in [6.07, 6.45) is 27.6. The Morgan fingerprint density at radius 2 is 0.547 bits per heavy atom. The van der Waals surface area contributed by atoms with Crippen molar-refractivity contribution < 1.29 is 10.0 Å². The number of fused-ring (bicyclic) bond motifs is 33. The van der Waals surface area contributed by atoms with Crippen LogP contribution in [0.1, 0.15) is 184 Å². The average molecular weight is 1790 g/mol. The van der Waals surface area contributed by atoms with Gasteiger partial charge in [0.2, 0.25) is 0 Å². The molecule has 2 N–H and O–H groups in total. The Morgan fingerprint density at radius 3 is 1.01 bits per heavy atom. The molecular formula is C123H105BBr2O2. The molecule has 0 radical (unpaired) electrons. The van der Waals surface area contributed by atoms with E-state index in [9.17, 15) is 0 Å². The molecule has 0 heterocycles. The molecule has 18 aromatic carbocycles. The van der Waals surface area contributed by atoms with Crippen molar-refractivity contribution in [2.24, 2.45) is 0 Å². The van der Waals surface area contributed by atoms with Gasteiger partial charge in [-0.3, -0.25) is 0 Å². The van der Waals surface area contributed by atoms with Crippen LogP contribution in [0.5, 0.6) is 0 Å². The Bertz CT molecular complexity index is 7250.